The lowest BCUT2D eigenvalue weighted by atomic mass is 10.0. The molecule has 0 fully saturated rings. The van der Waals surface area contributed by atoms with Gasteiger partial charge in [-0.3, -0.25) is 4.79 Å². The first-order chi connectivity index (χ1) is 17.1. The van der Waals surface area contributed by atoms with E-state index < -0.39 is 0 Å². The van der Waals surface area contributed by atoms with Gasteiger partial charge in [-0.15, -0.1) is 0 Å². The number of carbonyl (C=O) groups excluding carboxylic acids is 1. The summed E-state index contributed by atoms with van der Waals surface area (Å²) >= 11 is 0. The number of hydrogen-bond donors (Lipinski definition) is 0. The largest absolute Gasteiger partial charge is 0.494 e. The standard InChI is InChI=1S/C32H48O3/c1-4-6-8-10-12-13-15-17-32(33)35-27(3)28-18-20-29(21-19-28)30-22-24-31(25-23-30)34-26-16-14-11-9-7-5-2/h18-25,27H,4-17,26H2,1-3H3. The molecular weight excluding hydrogens is 432 g/mol. The molecule has 0 spiro atoms. The number of unbranched alkanes of at least 4 members (excludes halogenated alkanes) is 11. The average molecular weight is 481 g/mol. The second kappa shape index (κ2) is 18.0. The molecule has 0 heterocycles. The lowest BCUT2D eigenvalue weighted by Crippen LogP contribution is -2.08. The van der Waals surface area contributed by atoms with Crippen LogP contribution in [-0.2, 0) is 9.53 Å². The highest BCUT2D eigenvalue weighted by atomic mass is 16.5. The maximum absolute atomic E-state index is 12.2. The van der Waals surface area contributed by atoms with Crippen LogP contribution in [0.1, 0.15) is 122 Å². The predicted octanol–water partition coefficient (Wildman–Crippen LogP) is 9.84. The van der Waals surface area contributed by atoms with Gasteiger partial charge < -0.3 is 9.47 Å². The van der Waals surface area contributed by atoms with Gasteiger partial charge in [0, 0.05) is 6.42 Å². The van der Waals surface area contributed by atoms with Crippen LogP contribution in [0.5, 0.6) is 5.75 Å². The Morgan fingerprint density at radius 2 is 1.14 bits per heavy atom. The summed E-state index contributed by atoms with van der Waals surface area (Å²) in [5.74, 6) is 0.840. The third kappa shape index (κ3) is 12.3. The van der Waals surface area contributed by atoms with Crippen molar-refractivity contribution in [3.05, 3.63) is 54.1 Å². The molecule has 0 N–H and O–H groups in total. The summed E-state index contributed by atoms with van der Waals surface area (Å²) in [5, 5.41) is 0. The van der Waals surface area contributed by atoms with Crippen molar-refractivity contribution in [3.8, 4) is 16.9 Å². The first-order valence-corrected chi connectivity index (χ1v) is 14.2. The van der Waals surface area contributed by atoms with E-state index in [0.29, 0.717) is 6.42 Å². The Bertz CT molecular complexity index is 795. The molecule has 194 valence electrons. The minimum Gasteiger partial charge on any atom is -0.494 e. The fourth-order valence-electron chi connectivity index (χ4n) is 4.31. The molecule has 0 saturated carbocycles. The first-order valence-electron chi connectivity index (χ1n) is 14.2. The molecule has 3 heteroatoms. The van der Waals surface area contributed by atoms with Crippen LogP contribution in [0.2, 0.25) is 0 Å². The van der Waals surface area contributed by atoms with Crippen molar-refractivity contribution in [2.75, 3.05) is 6.61 Å². The van der Waals surface area contributed by atoms with Crippen molar-refractivity contribution in [1.82, 2.24) is 0 Å². The highest BCUT2D eigenvalue weighted by Crippen LogP contribution is 2.26. The third-order valence-electron chi connectivity index (χ3n) is 6.63. The Kier molecular flexibility index (Phi) is 14.9. The van der Waals surface area contributed by atoms with Gasteiger partial charge in [0.25, 0.3) is 0 Å². The Balaban J connectivity index is 1.69. The molecular formula is C32H48O3. The molecule has 1 unspecified atom stereocenters. The summed E-state index contributed by atoms with van der Waals surface area (Å²) in [5.41, 5.74) is 3.34. The third-order valence-corrected chi connectivity index (χ3v) is 6.63. The van der Waals surface area contributed by atoms with E-state index in [4.69, 9.17) is 9.47 Å². The normalized spacial score (nSPS) is 11.9. The van der Waals surface area contributed by atoms with E-state index in [1.165, 1.54) is 64.2 Å². The van der Waals surface area contributed by atoms with Gasteiger partial charge in [0.1, 0.15) is 11.9 Å². The molecule has 2 aromatic rings. The number of hydrogen-bond acceptors (Lipinski definition) is 3. The first kappa shape index (κ1) is 28.9. The zero-order valence-corrected chi connectivity index (χ0v) is 22.5. The molecule has 0 aliphatic heterocycles. The van der Waals surface area contributed by atoms with E-state index in [1.54, 1.807) is 0 Å². The summed E-state index contributed by atoms with van der Waals surface area (Å²) in [6.45, 7) is 7.22. The van der Waals surface area contributed by atoms with Gasteiger partial charge in [-0.25, -0.2) is 0 Å². The van der Waals surface area contributed by atoms with E-state index in [1.807, 2.05) is 6.92 Å². The summed E-state index contributed by atoms with van der Waals surface area (Å²) in [7, 11) is 0. The van der Waals surface area contributed by atoms with Crippen molar-refractivity contribution in [2.45, 2.75) is 117 Å². The highest BCUT2D eigenvalue weighted by molar-refractivity contribution is 5.69. The van der Waals surface area contributed by atoms with Crippen LogP contribution in [0.3, 0.4) is 0 Å². The average Bonchev–Trinajstić information content (AvgIpc) is 2.88. The molecule has 35 heavy (non-hydrogen) atoms. The minimum atomic E-state index is -0.223. The van der Waals surface area contributed by atoms with Gasteiger partial charge in [0.05, 0.1) is 6.61 Å². The summed E-state index contributed by atoms with van der Waals surface area (Å²) < 4.78 is 11.6. The van der Waals surface area contributed by atoms with Crippen LogP contribution in [0.25, 0.3) is 11.1 Å². The lowest BCUT2D eigenvalue weighted by molar-refractivity contribution is -0.148. The lowest BCUT2D eigenvalue weighted by Gasteiger charge is -2.14. The number of rotatable bonds is 19. The molecule has 0 saturated heterocycles. The second-order valence-corrected chi connectivity index (χ2v) is 9.77. The van der Waals surface area contributed by atoms with Crippen molar-refractivity contribution in [2.24, 2.45) is 0 Å². The molecule has 0 aliphatic rings. The van der Waals surface area contributed by atoms with Crippen LogP contribution in [0.15, 0.2) is 48.5 Å². The van der Waals surface area contributed by atoms with E-state index in [-0.39, 0.29) is 12.1 Å². The van der Waals surface area contributed by atoms with Gasteiger partial charge in [0.15, 0.2) is 0 Å². The van der Waals surface area contributed by atoms with Crippen LogP contribution in [-0.4, -0.2) is 12.6 Å². The zero-order chi connectivity index (χ0) is 25.1. The Hall–Kier alpha value is -2.29. The predicted molar refractivity (Wildman–Crippen MR) is 148 cm³/mol. The fourth-order valence-corrected chi connectivity index (χ4v) is 4.31. The molecule has 1 atom stereocenters. The summed E-state index contributed by atoms with van der Waals surface area (Å²) in [6.07, 6.45) is 16.4. The molecule has 0 amide bonds. The molecule has 0 aliphatic carbocycles. The topological polar surface area (TPSA) is 35.5 Å². The van der Waals surface area contributed by atoms with Crippen molar-refractivity contribution < 1.29 is 14.3 Å². The number of ether oxygens (including phenoxy) is 2. The van der Waals surface area contributed by atoms with Gasteiger partial charge in [0.2, 0.25) is 0 Å². The van der Waals surface area contributed by atoms with Crippen molar-refractivity contribution in [1.29, 1.82) is 0 Å². The molecule has 0 aromatic heterocycles. The number of esters is 1. The maximum atomic E-state index is 12.2. The second-order valence-electron chi connectivity index (χ2n) is 9.77. The van der Waals surface area contributed by atoms with Crippen LogP contribution in [0, 0.1) is 0 Å². The quantitative estimate of drug-likeness (QED) is 0.148. The van der Waals surface area contributed by atoms with Crippen molar-refractivity contribution in [3.63, 3.8) is 0 Å². The van der Waals surface area contributed by atoms with Crippen LogP contribution >= 0.6 is 0 Å². The summed E-state index contributed by atoms with van der Waals surface area (Å²) in [4.78, 5) is 12.2. The SMILES string of the molecule is CCCCCCCCCC(=O)OC(C)c1ccc(-c2ccc(OCCCCCCCC)cc2)cc1. The molecule has 2 aromatic carbocycles. The number of carbonyl (C=O) groups is 1. The molecule has 2 rings (SSSR count). The highest BCUT2D eigenvalue weighted by Gasteiger charge is 2.12. The van der Waals surface area contributed by atoms with Gasteiger partial charge in [-0.2, -0.15) is 0 Å². The van der Waals surface area contributed by atoms with E-state index in [0.717, 1.165) is 48.3 Å². The molecule has 3 nitrogen and oxygen atoms in total. The zero-order valence-electron chi connectivity index (χ0n) is 22.5. The summed E-state index contributed by atoms with van der Waals surface area (Å²) in [6, 6.07) is 16.6. The van der Waals surface area contributed by atoms with Crippen molar-refractivity contribution >= 4 is 5.97 Å². The molecule has 0 bridgehead atoms. The van der Waals surface area contributed by atoms with Crippen LogP contribution in [0.4, 0.5) is 0 Å². The van der Waals surface area contributed by atoms with E-state index in [9.17, 15) is 4.79 Å². The van der Waals surface area contributed by atoms with E-state index in [2.05, 4.69) is 62.4 Å². The number of benzene rings is 2. The van der Waals surface area contributed by atoms with Gasteiger partial charge in [-0.05, 0) is 48.6 Å². The van der Waals surface area contributed by atoms with Gasteiger partial charge in [-0.1, -0.05) is 121 Å². The Morgan fingerprint density at radius 3 is 1.71 bits per heavy atom. The Morgan fingerprint density at radius 1 is 0.657 bits per heavy atom. The smallest absolute Gasteiger partial charge is 0.306 e. The fraction of sp³-hybridized carbons (Fsp3) is 0.594. The maximum Gasteiger partial charge on any atom is 0.306 e. The monoisotopic (exact) mass is 480 g/mol. The minimum absolute atomic E-state index is 0.0910. The van der Waals surface area contributed by atoms with Gasteiger partial charge >= 0.3 is 5.97 Å². The van der Waals surface area contributed by atoms with Crippen LogP contribution < -0.4 is 4.74 Å². The Labute approximate surface area is 214 Å². The van der Waals surface area contributed by atoms with E-state index >= 15 is 0 Å². The molecule has 0 radical (unpaired) electrons.